The highest BCUT2D eigenvalue weighted by atomic mass is 79.9. The quantitative estimate of drug-likeness (QED) is 0.754. The molecule has 0 aromatic carbocycles. The Morgan fingerprint density at radius 3 is 2.38 bits per heavy atom. The fraction of sp³-hybridized carbons (Fsp3) is 1.00. The van der Waals surface area contributed by atoms with Crippen molar-refractivity contribution in [2.45, 2.75) is 38.1 Å². The van der Waals surface area contributed by atoms with Crippen LogP contribution in [-0.4, -0.2) is 41.1 Å². The summed E-state index contributed by atoms with van der Waals surface area (Å²) in [7, 11) is 0. The minimum atomic E-state index is 0.295. The minimum Gasteiger partial charge on any atom is -0.395 e. The van der Waals surface area contributed by atoms with Crippen LogP contribution in [0.2, 0.25) is 0 Å². The number of nitrogens with zero attached hydrogens (tertiary/aromatic N) is 1. The van der Waals surface area contributed by atoms with Crippen molar-refractivity contribution >= 4 is 15.9 Å². The van der Waals surface area contributed by atoms with Crippen LogP contribution in [0, 0.1) is 0 Å². The van der Waals surface area contributed by atoms with E-state index in [0.29, 0.717) is 6.61 Å². The first-order valence-corrected chi connectivity index (χ1v) is 6.41. The summed E-state index contributed by atoms with van der Waals surface area (Å²) in [4.78, 5) is 2.42. The molecule has 13 heavy (non-hydrogen) atoms. The average molecular weight is 250 g/mol. The van der Waals surface area contributed by atoms with Gasteiger partial charge in [-0.25, -0.2) is 0 Å². The number of halogens is 1. The van der Waals surface area contributed by atoms with Crippen LogP contribution in [0.5, 0.6) is 0 Å². The van der Waals surface area contributed by atoms with Crippen molar-refractivity contribution in [3.63, 3.8) is 0 Å². The van der Waals surface area contributed by atoms with Gasteiger partial charge in [-0.2, -0.15) is 0 Å². The Bertz CT molecular complexity index is 120. The first kappa shape index (κ1) is 11.5. The van der Waals surface area contributed by atoms with E-state index in [1.54, 1.807) is 0 Å². The molecule has 0 atom stereocenters. The molecule has 1 aliphatic rings. The molecule has 1 rings (SSSR count). The number of hydrogen-bond acceptors (Lipinski definition) is 2. The second-order valence-corrected chi connectivity index (χ2v) is 4.53. The fourth-order valence-corrected chi connectivity index (χ4v) is 2.62. The van der Waals surface area contributed by atoms with E-state index in [1.807, 2.05) is 0 Å². The maximum atomic E-state index is 8.94. The summed E-state index contributed by atoms with van der Waals surface area (Å²) >= 11 is 3.46. The summed E-state index contributed by atoms with van der Waals surface area (Å²) in [6.07, 6.45) is 6.79. The predicted molar refractivity (Wildman–Crippen MR) is 59.3 cm³/mol. The minimum absolute atomic E-state index is 0.295. The highest BCUT2D eigenvalue weighted by Crippen LogP contribution is 2.22. The first-order chi connectivity index (χ1) is 6.38. The van der Waals surface area contributed by atoms with Crippen LogP contribution in [0.25, 0.3) is 0 Å². The lowest BCUT2D eigenvalue weighted by Crippen LogP contribution is -2.39. The predicted octanol–water partition coefficient (Wildman–Crippen LogP) is 2.01. The zero-order chi connectivity index (χ0) is 9.52. The van der Waals surface area contributed by atoms with Crippen molar-refractivity contribution in [1.82, 2.24) is 4.90 Å². The Kier molecular flexibility index (Phi) is 6.00. The molecule has 0 radical (unpaired) electrons. The van der Waals surface area contributed by atoms with E-state index in [4.69, 9.17) is 5.11 Å². The molecule has 0 saturated heterocycles. The van der Waals surface area contributed by atoms with Crippen molar-refractivity contribution in [3.05, 3.63) is 0 Å². The van der Waals surface area contributed by atoms with Gasteiger partial charge < -0.3 is 5.11 Å². The zero-order valence-electron chi connectivity index (χ0n) is 8.21. The van der Waals surface area contributed by atoms with E-state index in [2.05, 4.69) is 20.8 Å². The molecular formula is C10H20BrNO. The van der Waals surface area contributed by atoms with Gasteiger partial charge in [0.25, 0.3) is 0 Å². The summed E-state index contributed by atoms with van der Waals surface area (Å²) in [5.74, 6) is 0. The van der Waals surface area contributed by atoms with Crippen LogP contribution in [0.4, 0.5) is 0 Å². The molecule has 0 aromatic rings. The standard InChI is InChI=1S/C10H20BrNO/c11-6-7-12(8-9-13)10-4-2-1-3-5-10/h10,13H,1-9H2. The van der Waals surface area contributed by atoms with E-state index in [1.165, 1.54) is 32.1 Å². The summed E-state index contributed by atoms with van der Waals surface area (Å²) < 4.78 is 0. The molecule has 0 unspecified atom stereocenters. The largest absolute Gasteiger partial charge is 0.395 e. The van der Waals surface area contributed by atoms with E-state index in [9.17, 15) is 0 Å². The van der Waals surface area contributed by atoms with Gasteiger partial charge in [0.1, 0.15) is 0 Å². The topological polar surface area (TPSA) is 23.5 Å². The Balaban J connectivity index is 2.32. The van der Waals surface area contributed by atoms with E-state index >= 15 is 0 Å². The van der Waals surface area contributed by atoms with Crippen LogP contribution < -0.4 is 0 Å². The van der Waals surface area contributed by atoms with E-state index < -0.39 is 0 Å². The third-order valence-electron chi connectivity index (χ3n) is 2.85. The molecule has 0 bridgehead atoms. The molecule has 0 spiro atoms. The SMILES string of the molecule is OCCN(CCBr)C1CCCCC1. The van der Waals surface area contributed by atoms with Crippen molar-refractivity contribution in [1.29, 1.82) is 0 Å². The lowest BCUT2D eigenvalue weighted by molar-refractivity contribution is 0.131. The maximum absolute atomic E-state index is 8.94. The molecule has 2 nitrogen and oxygen atoms in total. The van der Waals surface area contributed by atoms with Crippen LogP contribution >= 0.6 is 15.9 Å². The van der Waals surface area contributed by atoms with Gasteiger partial charge >= 0.3 is 0 Å². The van der Waals surface area contributed by atoms with Crippen LogP contribution in [-0.2, 0) is 0 Å². The highest BCUT2D eigenvalue weighted by molar-refractivity contribution is 9.09. The second kappa shape index (κ2) is 6.80. The van der Waals surface area contributed by atoms with Crippen LogP contribution in [0.15, 0.2) is 0 Å². The van der Waals surface area contributed by atoms with Gasteiger partial charge in [0.05, 0.1) is 6.61 Å². The van der Waals surface area contributed by atoms with Crippen LogP contribution in [0.3, 0.4) is 0 Å². The number of hydrogen-bond donors (Lipinski definition) is 1. The van der Waals surface area contributed by atoms with Gasteiger partial charge in [-0.3, -0.25) is 4.90 Å². The number of aliphatic hydroxyl groups excluding tert-OH is 1. The maximum Gasteiger partial charge on any atom is 0.0558 e. The first-order valence-electron chi connectivity index (χ1n) is 5.29. The Labute approximate surface area is 89.4 Å². The molecule has 1 fully saturated rings. The smallest absolute Gasteiger partial charge is 0.0558 e. The van der Waals surface area contributed by atoms with Gasteiger partial charge in [-0.05, 0) is 12.8 Å². The average Bonchev–Trinajstić information content (AvgIpc) is 2.19. The molecule has 78 valence electrons. The summed E-state index contributed by atoms with van der Waals surface area (Å²) in [5, 5.41) is 9.95. The normalized spacial score (nSPS) is 19.6. The lowest BCUT2D eigenvalue weighted by atomic mass is 9.94. The number of alkyl halides is 1. The highest BCUT2D eigenvalue weighted by Gasteiger charge is 2.19. The van der Waals surface area contributed by atoms with Crippen molar-refractivity contribution in [2.75, 3.05) is 25.0 Å². The van der Waals surface area contributed by atoms with Gasteiger partial charge in [-0.15, -0.1) is 0 Å². The molecule has 0 aromatic heterocycles. The molecule has 0 heterocycles. The van der Waals surface area contributed by atoms with Crippen molar-refractivity contribution < 1.29 is 5.11 Å². The number of aliphatic hydroxyl groups is 1. The van der Waals surface area contributed by atoms with Gasteiger partial charge in [0, 0.05) is 24.5 Å². The molecule has 1 N–H and O–H groups in total. The number of rotatable bonds is 5. The Morgan fingerprint density at radius 1 is 1.15 bits per heavy atom. The van der Waals surface area contributed by atoms with Gasteiger partial charge in [-0.1, -0.05) is 35.2 Å². The lowest BCUT2D eigenvalue weighted by Gasteiger charge is -2.33. The van der Waals surface area contributed by atoms with Crippen molar-refractivity contribution in [2.24, 2.45) is 0 Å². The third kappa shape index (κ3) is 3.96. The summed E-state index contributed by atoms with van der Waals surface area (Å²) in [6.45, 7) is 2.21. The van der Waals surface area contributed by atoms with E-state index in [-0.39, 0.29) is 0 Å². The van der Waals surface area contributed by atoms with Crippen LogP contribution in [0.1, 0.15) is 32.1 Å². The molecular weight excluding hydrogens is 230 g/mol. The van der Waals surface area contributed by atoms with Gasteiger partial charge in [0.2, 0.25) is 0 Å². The fourth-order valence-electron chi connectivity index (χ4n) is 2.16. The summed E-state index contributed by atoms with van der Waals surface area (Å²) in [5.41, 5.74) is 0. The van der Waals surface area contributed by atoms with Crippen molar-refractivity contribution in [3.8, 4) is 0 Å². The van der Waals surface area contributed by atoms with Gasteiger partial charge in [0.15, 0.2) is 0 Å². The van der Waals surface area contributed by atoms with E-state index in [0.717, 1.165) is 24.5 Å². The monoisotopic (exact) mass is 249 g/mol. The molecule has 3 heteroatoms. The Hall–Kier alpha value is 0.400. The molecule has 0 aliphatic heterocycles. The zero-order valence-corrected chi connectivity index (χ0v) is 9.80. The second-order valence-electron chi connectivity index (χ2n) is 3.74. The summed E-state index contributed by atoms with van der Waals surface area (Å²) in [6, 6.07) is 0.735. The molecule has 1 aliphatic carbocycles. The Morgan fingerprint density at radius 2 is 1.85 bits per heavy atom. The molecule has 0 amide bonds. The third-order valence-corrected chi connectivity index (χ3v) is 3.20. The molecule has 1 saturated carbocycles.